The molecule has 4 atom stereocenters. The molecule has 2 amide bonds. The molecular weight excluding hydrogens is 1530 g/mol. The van der Waals surface area contributed by atoms with Gasteiger partial charge in [0, 0.05) is 57.3 Å². The first-order valence-corrected chi connectivity index (χ1v) is 43.0. The van der Waals surface area contributed by atoms with Crippen LogP contribution in [0.4, 0.5) is 0 Å². The summed E-state index contributed by atoms with van der Waals surface area (Å²) in [4.78, 5) is 23.7. The minimum absolute atomic E-state index is 0.00260. The Morgan fingerprint density at radius 2 is 0.664 bits per heavy atom. The fraction of sp³-hybridized carbons (Fsp3) is 0.337. The topological polar surface area (TPSA) is 279 Å². The number of carbonyl (C=O) groups excluding carboxylic acids is 2. The quantitative estimate of drug-likeness (QED) is 0.0638. The monoisotopic (exact) mass is 1620 g/mol. The molecule has 0 unspecified atom stereocenters. The summed E-state index contributed by atoms with van der Waals surface area (Å²) in [7, 11) is 0. The summed E-state index contributed by atoms with van der Waals surface area (Å²) in [5.74, 6) is 4.66. The lowest BCUT2D eigenvalue weighted by molar-refractivity contribution is -0.122. The third-order valence-corrected chi connectivity index (χ3v) is 24.6. The second kappa shape index (κ2) is 37.8. The number of benzene rings is 8. The normalized spacial score (nSPS) is 15.2. The van der Waals surface area contributed by atoms with E-state index in [0.717, 1.165) is 135 Å². The van der Waals surface area contributed by atoms with Gasteiger partial charge in [0.1, 0.15) is 75.5 Å². The number of aromatic nitrogens is 8. The summed E-state index contributed by atoms with van der Waals surface area (Å²) in [6, 6.07) is 54.7. The van der Waals surface area contributed by atoms with Gasteiger partial charge in [0.2, 0.25) is 11.8 Å². The molecule has 0 aliphatic heterocycles. The average molecular weight is 1620 g/mol. The molecule has 592 valence electrons. The summed E-state index contributed by atoms with van der Waals surface area (Å²) < 4.78 is 28.5. The van der Waals surface area contributed by atoms with Crippen molar-refractivity contribution in [3.8, 4) is 132 Å². The highest BCUT2D eigenvalue weighted by molar-refractivity contribution is 7.19. The molecule has 2 N–H and O–H groups in total. The molecular formula is C92H93N13O7S4. The Kier molecular flexibility index (Phi) is 26.8. The molecule has 16 rings (SSSR count). The fourth-order valence-electron chi connectivity index (χ4n) is 15.0. The van der Waals surface area contributed by atoms with Gasteiger partial charge in [-0.15, -0.1) is 40.8 Å². The van der Waals surface area contributed by atoms with Crippen molar-refractivity contribution in [2.45, 2.75) is 190 Å². The lowest BCUT2D eigenvalue weighted by atomic mass is 10.0. The summed E-state index contributed by atoms with van der Waals surface area (Å²) >= 11 is 6.21. The van der Waals surface area contributed by atoms with Gasteiger partial charge in [0.15, 0.2) is 11.5 Å². The van der Waals surface area contributed by atoms with Crippen LogP contribution in [-0.4, -0.2) is 84.1 Å². The van der Waals surface area contributed by atoms with Gasteiger partial charge in [0.25, 0.3) is 0 Å². The molecule has 24 heteroatoms. The van der Waals surface area contributed by atoms with E-state index in [2.05, 4.69) is 144 Å². The van der Waals surface area contributed by atoms with Gasteiger partial charge in [-0.05, 0) is 236 Å². The van der Waals surface area contributed by atoms with Gasteiger partial charge in [-0.25, -0.2) is 0 Å². The number of hydrogen-bond donors (Lipinski definition) is 2. The Labute approximate surface area is 694 Å². The van der Waals surface area contributed by atoms with Crippen molar-refractivity contribution in [3.05, 3.63) is 207 Å². The smallest absolute Gasteiger partial charge is 0.220 e. The van der Waals surface area contributed by atoms with E-state index in [1.165, 1.54) is 80.0 Å². The molecule has 0 saturated heterocycles. The van der Waals surface area contributed by atoms with Crippen molar-refractivity contribution in [2.75, 3.05) is 13.2 Å². The number of nitrogens with one attached hydrogen (secondary N) is 2. The first-order valence-electron chi connectivity index (χ1n) is 39.7. The number of carbonyl (C=O) groups is 2. The number of rotatable bonds is 22. The highest BCUT2D eigenvalue weighted by Gasteiger charge is 2.31. The van der Waals surface area contributed by atoms with Crippen LogP contribution in [0.3, 0.4) is 0 Å². The fourth-order valence-corrected chi connectivity index (χ4v) is 18.6. The van der Waals surface area contributed by atoms with Crippen LogP contribution < -0.4 is 34.3 Å². The summed E-state index contributed by atoms with van der Waals surface area (Å²) in [6.45, 7) is 25.1. The third kappa shape index (κ3) is 18.8. The Hall–Kier alpha value is -11.6. The number of nitriles is 3. The van der Waals surface area contributed by atoms with E-state index in [1.54, 1.807) is 34.8 Å². The molecule has 0 saturated carbocycles. The molecule has 0 radical (unpaired) electrons. The predicted octanol–water partition coefficient (Wildman–Crippen LogP) is 21.4. The lowest BCUT2D eigenvalue weighted by Gasteiger charge is -2.14. The second-order valence-corrected chi connectivity index (χ2v) is 33.5. The number of nitrogens with zero attached hydrogens (tertiary/aromatic N) is 11. The summed E-state index contributed by atoms with van der Waals surface area (Å²) in [5, 5.41) is 77.0. The molecule has 116 heavy (non-hydrogen) atoms. The van der Waals surface area contributed by atoms with Gasteiger partial charge in [0.05, 0.1) is 60.3 Å². The number of amides is 2. The molecule has 0 bridgehead atoms. The Morgan fingerprint density at radius 1 is 0.379 bits per heavy atom. The zero-order valence-electron chi connectivity index (χ0n) is 67.3. The van der Waals surface area contributed by atoms with Gasteiger partial charge < -0.3 is 34.3 Å². The van der Waals surface area contributed by atoms with Crippen LogP contribution in [0.15, 0.2) is 146 Å². The van der Waals surface area contributed by atoms with E-state index in [0.29, 0.717) is 71.8 Å². The lowest BCUT2D eigenvalue weighted by Crippen LogP contribution is -2.26. The average Bonchev–Trinajstić information content (AvgIpc) is 1.73. The van der Waals surface area contributed by atoms with Crippen LogP contribution in [0.5, 0.6) is 28.7 Å². The van der Waals surface area contributed by atoms with Crippen LogP contribution >= 0.6 is 45.3 Å². The number of fused-ring (bicyclic) bond motifs is 4. The zero-order chi connectivity index (χ0) is 81.7. The first kappa shape index (κ1) is 82.4. The molecule has 4 aliphatic rings. The minimum Gasteiger partial charge on any atom is -0.490 e. The predicted molar refractivity (Wildman–Crippen MR) is 459 cm³/mol. The zero-order valence-corrected chi connectivity index (χ0v) is 70.6. The van der Waals surface area contributed by atoms with E-state index >= 15 is 0 Å². The SMILES string of the molecule is CC(C)Oc1ccc(-c2nnc(-c3cccc4c3CC[C@H]4C)s2)cc1C#N.CCC(=O)N[C@@H]1CCc2c(-c3nnc(-c4ccc(OC(C)C)c(C#N)c4)s3)cccc21.CCC(=O)N[C@H]1CCc2c(-c3nnc(-c4ccc(OC(C)C)c(C#N)c4)s3)cccc21.CCOc1ccc(-c2nnc(-c3cccc4c3CC[C@H]4C)s2)cc1OCC. The van der Waals surface area contributed by atoms with E-state index in [1.807, 2.05) is 142 Å². The largest absolute Gasteiger partial charge is 0.490 e. The van der Waals surface area contributed by atoms with Crippen LogP contribution in [-0.2, 0) is 35.3 Å². The first-order chi connectivity index (χ1) is 56.3. The molecule has 8 aromatic carbocycles. The number of hydrogen-bond acceptors (Lipinski definition) is 22. The molecule has 0 spiro atoms. The van der Waals surface area contributed by atoms with Crippen LogP contribution in [0.25, 0.3) is 84.6 Å². The van der Waals surface area contributed by atoms with Crippen LogP contribution in [0.2, 0.25) is 0 Å². The Morgan fingerprint density at radius 3 is 0.974 bits per heavy atom. The van der Waals surface area contributed by atoms with E-state index in [9.17, 15) is 25.4 Å². The van der Waals surface area contributed by atoms with Crippen molar-refractivity contribution in [3.63, 3.8) is 0 Å². The summed E-state index contributed by atoms with van der Waals surface area (Å²) in [5.41, 5.74) is 20.2. The molecule has 12 aromatic rings. The molecule has 0 fully saturated rings. The van der Waals surface area contributed by atoms with E-state index in [-0.39, 0.29) is 42.2 Å². The van der Waals surface area contributed by atoms with E-state index in [4.69, 9.17) is 23.7 Å². The molecule has 4 aliphatic carbocycles. The highest BCUT2D eigenvalue weighted by Crippen LogP contribution is 2.47. The maximum atomic E-state index is 11.9. The Balaban J connectivity index is 0.000000135. The maximum absolute atomic E-state index is 11.9. The molecule has 4 heterocycles. The molecule has 20 nitrogen and oxygen atoms in total. The summed E-state index contributed by atoms with van der Waals surface area (Å²) in [6.07, 6.45) is 9.21. The Bertz CT molecular complexity index is 5500. The molecule has 4 aromatic heterocycles. The van der Waals surface area contributed by atoms with Crippen molar-refractivity contribution in [2.24, 2.45) is 0 Å². The van der Waals surface area contributed by atoms with Gasteiger partial charge in [-0.2, -0.15) is 15.8 Å². The second-order valence-electron chi connectivity index (χ2n) is 29.5. The third-order valence-electron chi connectivity index (χ3n) is 20.5. The van der Waals surface area contributed by atoms with Gasteiger partial charge in [-0.3, -0.25) is 9.59 Å². The van der Waals surface area contributed by atoms with Gasteiger partial charge >= 0.3 is 0 Å². The van der Waals surface area contributed by atoms with Gasteiger partial charge in [-0.1, -0.05) is 146 Å². The van der Waals surface area contributed by atoms with Crippen molar-refractivity contribution < 1.29 is 33.3 Å². The van der Waals surface area contributed by atoms with Crippen LogP contribution in [0.1, 0.15) is 207 Å². The van der Waals surface area contributed by atoms with Crippen LogP contribution in [0, 0.1) is 34.0 Å². The highest BCUT2D eigenvalue weighted by atomic mass is 32.1. The maximum Gasteiger partial charge on any atom is 0.220 e. The number of ether oxygens (including phenoxy) is 5. The van der Waals surface area contributed by atoms with Crippen molar-refractivity contribution in [1.82, 2.24) is 51.4 Å². The van der Waals surface area contributed by atoms with Crippen molar-refractivity contribution in [1.29, 1.82) is 15.8 Å². The van der Waals surface area contributed by atoms with Crippen molar-refractivity contribution >= 4 is 57.2 Å². The minimum atomic E-state index is -0.00260. The van der Waals surface area contributed by atoms with E-state index < -0.39 is 0 Å². The standard InChI is InChI=1S/2C24H24N4O2S.C22H21N3OS.C22H24N2O2S/c2*1-4-22(29)26-20-10-9-17-18(20)6-5-7-19(17)24-28-27-23(31-24)15-8-11-21(30-14(2)3)16(12-15)13-25;1-13(2)26-20-10-8-15(11-16(20)12-23)21-24-25-22(27-21)19-6-4-5-17-14(3)7-9-18(17)19;1-4-25-19-12-10-15(13-20(19)26-5-2)21-23-24-22(27-21)18-8-6-7-16-14(3)9-11-17(16)18/h2*5-8,11-12,14,20H,4,9-10H2,1-3H3,(H,26,29);4-6,8,10-11,13-14H,7,9H2,1-3H3;6-8,10,12-14H,4-5,9,11H2,1-3H3/t2*20-;2*14-/m1011/s1.